The lowest BCUT2D eigenvalue weighted by molar-refractivity contribution is -0.107. The van der Waals surface area contributed by atoms with E-state index in [1.54, 1.807) is 0 Å². The molecule has 0 bridgehead atoms. The second-order valence-corrected chi connectivity index (χ2v) is 6.24. The van der Waals surface area contributed by atoms with Crippen LogP contribution in [0, 0.1) is 0 Å². The molecule has 7 heteroatoms. The Morgan fingerprint density at radius 2 is 2.12 bits per heavy atom. The van der Waals surface area contributed by atoms with Gasteiger partial charge >= 0.3 is 0 Å². The van der Waals surface area contributed by atoms with E-state index in [1.807, 2.05) is 61.0 Å². The van der Waals surface area contributed by atoms with E-state index in [9.17, 15) is 4.79 Å². The van der Waals surface area contributed by atoms with Gasteiger partial charge in [0.05, 0.1) is 12.0 Å². The zero-order valence-corrected chi connectivity index (χ0v) is 14.5. The predicted molar refractivity (Wildman–Crippen MR) is 95.7 cm³/mol. The van der Waals surface area contributed by atoms with Crippen LogP contribution in [0.2, 0.25) is 0 Å². The normalized spacial score (nSPS) is 15.8. The molecule has 0 amide bonds. The molecule has 1 aliphatic heterocycles. The molecule has 4 rings (SSSR count). The molecule has 0 fully saturated rings. The van der Waals surface area contributed by atoms with Crippen LogP contribution >= 0.6 is 0 Å². The van der Waals surface area contributed by atoms with Gasteiger partial charge in [-0.1, -0.05) is 18.2 Å². The number of aromatic nitrogens is 4. The molecule has 25 heavy (non-hydrogen) atoms. The molecule has 7 nitrogen and oxygen atoms in total. The van der Waals surface area contributed by atoms with E-state index in [4.69, 9.17) is 5.10 Å². The molecule has 1 unspecified atom stereocenters. The molecule has 128 valence electrons. The van der Waals surface area contributed by atoms with Crippen molar-refractivity contribution >= 4 is 12.1 Å². The summed E-state index contributed by atoms with van der Waals surface area (Å²) >= 11 is 0. The van der Waals surface area contributed by atoms with Gasteiger partial charge in [0.2, 0.25) is 0 Å². The maximum Gasteiger partial charge on any atom is 0.162 e. The number of benzene rings is 1. The van der Waals surface area contributed by atoms with E-state index < -0.39 is 0 Å². The minimum absolute atomic E-state index is 0.00496. The number of imidazole rings is 1. The Kier molecular flexibility index (Phi) is 3.65. The number of anilines is 1. The van der Waals surface area contributed by atoms with Crippen LogP contribution in [0.5, 0.6) is 0 Å². The van der Waals surface area contributed by atoms with Crippen molar-refractivity contribution in [1.82, 2.24) is 24.6 Å². The number of aryl methyl sites for hydroxylation is 1. The molecule has 1 N–H and O–H groups in total. The fraction of sp³-hybridized carbons (Fsp3) is 0.278. The van der Waals surface area contributed by atoms with Crippen LogP contribution in [-0.2, 0) is 18.3 Å². The summed E-state index contributed by atoms with van der Waals surface area (Å²) in [6.45, 7) is 0. The van der Waals surface area contributed by atoms with Crippen molar-refractivity contribution in [1.29, 1.82) is 0 Å². The van der Waals surface area contributed by atoms with Crippen LogP contribution in [0.25, 0.3) is 17.1 Å². The summed E-state index contributed by atoms with van der Waals surface area (Å²) in [6, 6.07) is 10.0. The largest absolute Gasteiger partial charge is 0.338 e. The van der Waals surface area contributed by atoms with Crippen LogP contribution in [0.4, 0.5) is 5.82 Å². The number of fused-ring (bicyclic) bond motifs is 3. The highest BCUT2D eigenvalue weighted by molar-refractivity contribution is 5.68. The summed E-state index contributed by atoms with van der Waals surface area (Å²) < 4.78 is 3.91. The van der Waals surface area contributed by atoms with E-state index in [0.29, 0.717) is 6.42 Å². The van der Waals surface area contributed by atoms with Crippen molar-refractivity contribution in [2.75, 3.05) is 19.0 Å². The molecular formula is C18H20N6O. The first-order valence-corrected chi connectivity index (χ1v) is 8.18. The standard InChI is InChI=1S/C18H20N6O/c1-19-17-16-18(22(2)11-20-16)24-15(23(17)3)10-14(21-24)13-6-4-5-12(9-13)7-8-25/h4-6,8-11,17,19H,7H2,1-3H3. The van der Waals surface area contributed by atoms with E-state index in [0.717, 1.165) is 40.4 Å². The first-order chi connectivity index (χ1) is 12.1. The average Bonchev–Trinajstić information content (AvgIpc) is 3.20. The third kappa shape index (κ3) is 2.35. The number of carbonyl (C=O) groups excluding carboxylic acids is 1. The van der Waals surface area contributed by atoms with Crippen LogP contribution in [0.3, 0.4) is 0 Å². The molecule has 0 aliphatic carbocycles. The van der Waals surface area contributed by atoms with Crippen LogP contribution in [0.1, 0.15) is 17.4 Å². The molecule has 3 aromatic rings. The van der Waals surface area contributed by atoms with Crippen molar-refractivity contribution in [2.24, 2.45) is 7.05 Å². The molecule has 0 spiro atoms. The number of rotatable bonds is 4. The minimum atomic E-state index is -0.00496. The number of nitrogens with zero attached hydrogens (tertiary/aromatic N) is 5. The molecule has 1 atom stereocenters. The second kappa shape index (κ2) is 5.86. The number of aldehydes is 1. The van der Waals surface area contributed by atoms with Crippen molar-refractivity contribution in [3.63, 3.8) is 0 Å². The highest BCUT2D eigenvalue weighted by Crippen LogP contribution is 2.36. The van der Waals surface area contributed by atoms with Gasteiger partial charge in [0.25, 0.3) is 0 Å². The second-order valence-electron chi connectivity index (χ2n) is 6.24. The average molecular weight is 336 g/mol. The smallest absolute Gasteiger partial charge is 0.162 e. The Morgan fingerprint density at radius 3 is 2.88 bits per heavy atom. The minimum Gasteiger partial charge on any atom is -0.338 e. The van der Waals surface area contributed by atoms with E-state index in [2.05, 4.69) is 21.3 Å². The summed E-state index contributed by atoms with van der Waals surface area (Å²) in [7, 11) is 5.92. The van der Waals surface area contributed by atoms with Crippen LogP contribution in [-0.4, -0.2) is 39.7 Å². The van der Waals surface area contributed by atoms with E-state index in [-0.39, 0.29) is 6.17 Å². The van der Waals surface area contributed by atoms with Crippen molar-refractivity contribution < 1.29 is 4.79 Å². The Morgan fingerprint density at radius 1 is 1.28 bits per heavy atom. The lowest BCUT2D eigenvalue weighted by Crippen LogP contribution is -2.39. The van der Waals surface area contributed by atoms with Gasteiger partial charge in [-0.3, -0.25) is 5.32 Å². The Labute approximate surface area is 145 Å². The molecule has 0 saturated carbocycles. The van der Waals surface area contributed by atoms with E-state index >= 15 is 0 Å². The van der Waals surface area contributed by atoms with Gasteiger partial charge in [0.15, 0.2) is 5.82 Å². The van der Waals surface area contributed by atoms with Crippen molar-refractivity contribution in [2.45, 2.75) is 12.6 Å². The molecule has 1 aliphatic rings. The summed E-state index contributed by atoms with van der Waals surface area (Å²) in [5, 5.41) is 8.12. The molecular weight excluding hydrogens is 316 g/mol. The predicted octanol–water partition coefficient (Wildman–Crippen LogP) is 1.68. The van der Waals surface area contributed by atoms with Gasteiger partial charge in [-0.2, -0.15) is 9.78 Å². The lowest BCUT2D eigenvalue weighted by atomic mass is 10.1. The lowest BCUT2D eigenvalue weighted by Gasteiger charge is -2.33. The van der Waals surface area contributed by atoms with Gasteiger partial charge in [0, 0.05) is 32.1 Å². The van der Waals surface area contributed by atoms with E-state index in [1.165, 1.54) is 0 Å². The molecule has 2 aromatic heterocycles. The summed E-state index contributed by atoms with van der Waals surface area (Å²) in [5.41, 5.74) is 3.81. The number of hydrogen-bond acceptors (Lipinski definition) is 5. The highest BCUT2D eigenvalue weighted by Gasteiger charge is 2.33. The first-order valence-electron chi connectivity index (χ1n) is 8.18. The number of carbonyl (C=O) groups is 1. The topological polar surface area (TPSA) is 68.0 Å². The zero-order valence-electron chi connectivity index (χ0n) is 14.5. The van der Waals surface area contributed by atoms with Crippen LogP contribution in [0.15, 0.2) is 36.7 Å². The SMILES string of the molecule is CNC1c2ncn(C)c2-n2nc(-c3cccc(CC=O)c3)cc2N1C. The quantitative estimate of drug-likeness (QED) is 0.734. The van der Waals surface area contributed by atoms with Crippen LogP contribution < -0.4 is 10.2 Å². The molecule has 1 aromatic carbocycles. The van der Waals surface area contributed by atoms with Crippen molar-refractivity contribution in [3.05, 3.63) is 47.9 Å². The first kappa shape index (κ1) is 15.6. The Hall–Kier alpha value is -2.93. The maximum absolute atomic E-state index is 10.8. The zero-order chi connectivity index (χ0) is 17.6. The summed E-state index contributed by atoms with van der Waals surface area (Å²) in [5.74, 6) is 1.95. The maximum atomic E-state index is 10.8. The molecule has 3 heterocycles. The van der Waals surface area contributed by atoms with Gasteiger partial charge in [-0.25, -0.2) is 4.98 Å². The third-order valence-electron chi connectivity index (χ3n) is 4.65. The van der Waals surface area contributed by atoms with Gasteiger partial charge < -0.3 is 14.3 Å². The summed E-state index contributed by atoms with van der Waals surface area (Å²) in [4.78, 5) is 17.5. The van der Waals surface area contributed by atoms with Crippen molar-refractivity contribution in [3.8, 4) is 17.1 Å². The Bertz CT molecular complexity index is 941. The molecule has 0 radical (unpaired) electrons. The number of hydrogen-bond donors (Lipinski definition) is 1. The fourth-order valence-electron chi connectivity index (χ4n) is 3.41. The highest BCUT2D eigenvalue weighted by atomic mass is 16.1. The van der Waals surface area contributed by atoms with Gasteiger partial charge in [-0.15, -0.1) is 0 Å². The third-order valence-corrected chi connectivity index (χ3v) is 4.65. The monoisotopic (exact) mass is 336 g/mol. The Balaban J connectivity index is 1.86. The fourth-order valence-corrected chi connectivity index (χ4v) is 3.41. The number of nitrogens with one attached hydrogen (secondary N) is 1. The van der Waals surface area contributed by atoms with Gasteiger partial charge in [-0.05, 0) is 18.7 Å². The molecule has 0 saturated heterocycles. The van der Waals surface area contributed by atoms with Gasteiger partial charge in [0.1, 0.15) is 24.0 Å². The summed E-state index contributed by atoms with van der Waals surface area (Å²) in [6.07, 6.45) is 3.14.